The lowest BCUT2D eigenvalue weighted by Gasteiger charge is -2.27. The summed E-state index contributed by atoms with van der Waals surface area (Å²) < 4.78 is 0. The van der Waals surface area contributed by atoms with Crippen LogP contribution in [0.1, 0.15) is 52.5 Å². The number of rotatable bonds is 16. The van der Waals surface area contributed by atoms with E-state index in [2.05, 4.69) is 20.9 Å². The van der Waals surface area contributed by atoms with Crippen LogP contribution in [0.25, 0.3) is 0 Å². The van der Waals surface area contributed by atoms with Crippen molar-refractivity contribution < 1.29 is 29.4 Å². The zero-order valence-electron chi connectivity index (χ0n) is 23.0. The molecule has 0 radical (unpaired) electrons. The molecular weight excluding hydrogens is 506 g/mol. The van der Waals surface area contributed by atoms with Gasteiger partial charge in [0.05, 0.1) is 6.04 Å². The van der Waals surface area contributed by atoms with E-state index in [1.807, 2.05) is 13.8 Å². The van der Waals surface area contributed by atoms with Gasteiger partial charge < -0.3 is 43.4 Å². The van der Waals surface area contributed by atoms with E-state index in [1.165, 1.54) is 12.1 Å². The number of aliphatic imine (C=N–C) groups is 1. The van der Waals surface area contributed by atoms with E-state index in [0.29, 0.717) is 18.5 Å². The van der Waals surface area contributed by atoms with Gasteiger partial charge in [-0.05, 0) is 48.8 Å². The van der Waals surface area contributed by atoms with Crippen LogP contribution in [0.3, 0.4) is 0 Å². The first-order chi connectivity index (χ1) is 18.2. The van der Waals surface area contributed by atoms with Gasteiger partial charge in [0.2, 0.25) is 17.7 Å². The summed E-state index contributed by atoms with van der Waals surface area (Å²) in [7, 11) is 0. The highest BCUT2D eigenvalue weighted by Crippen LogP contribution is 2.13. The summed E-state index contributed by atoms with van der Waals surface area (Å²) in [6.45, 7) is 7.37. The fraction of sp³-hybridized carbons (Fsp3) is 0.577. The molecule has 0 heterocycles. The molecule has 4 unspecified atom stereocenters. The van der Waals surface area contributed by atoms with Crippen molar-refractivity contribution in [3.8, 4) is 5.75 Å². The van der Waals surface area contributed by atoms with E-state index >= 15 is 0 Å². The van der Waals surface area contributed by atoms with Crippen LogP contribution in [-0.4, -0.2) is 70.6 Å². The zero-order chi connectivity index (χ0) is 29.7. The Morgan fingerprint density at radius 2 is 1.46 bits per heavy atom. The van der Waals surface area contributed by atoms with Crippen molar-refractivity contribution in [2.45, 2.75) is 77.5 Å². The average Bonchev–Trinajstić information content (AvgIpc) is 2.84. The Morgan fingerprint density at radius 1 is 0.897 bits per heavy atom. The van der Waals surface area contributed by atoms with Gasteiger partial charge in [-0.15, -0.1) is 0 Å². The molecule has 0 saturated heterocycles. The number of nitrogens with two attached hydrogens (primary N) is 3. The van der Waals surface area contributed by atoms with Crippen molar-refractivity contribution in [1.82, 2.24) is 16.0 Å². The van der Waals surface area contributed by atoms with Crippen molar-refractivity contribution in [2.24, 2.45) is 34.0 Å². The van der Waals surface area contributed by atoms with E-state index in [0.717, 1.165) is 0 Å². The zero-order valence-corrected chi connectivity index (χ0v) is 23.0. The number of carboxylic acids is 1. The first-order valence-electron chi connectivity index (χ1n) is 12.9. The van der Waals surface area contributed by atoms with Crippen LogP contribution in [0.5, 0.6) is 5.75 Å². The van der Waals surface area contributed by atoms with E-state index < -0.39 is 53.8 Å². The first kappa shape index (κ1) is 33.2. The number of carbonyl (C=O) groups is 4. The van der Waals surface area contributed by atoms with E-state index in [4.69, 9.17) is 17.2 Å². The number of aliphatic carboxylic acids is 1. The smallest absolute Gasteiger partial charge is 0.326 e. The number of aromatic hydroxyl groups is 1. The van der Waals surface area contributed by atoms with Crippen LogP contribution in [0.15, 0.2) is 29.3 Å². The monoisotopic (exact) mass is 549 g/mol. The number of hydrogen-bond acceptors (Lipinski definition) is 7. The Morgan fingerprint density at radius 3 is 1.97 bits per heavy atom. The maximum atomic E-state index is 13.3. The van der Waals surface area contributed by atoms with Gasteiger partial charge in [-0.25, -0.2) is 4.79 Å². The Labute approximate surface area is 229 Å². The molecule has 0 aliphatic rings. The third-order valence-corrected chi connectivity index (χ3v) is 5.88. The number of benzene rings is 1. The fourth-order valence-corrected chi connectivity index (χ4v) is 3.75. The molecule has 0 saturated carbocycles. The van der Waals surface area contributed by atoms with Crippen molar-refractivity contribution >= 4 is 29.7 Å². The molecule has 0 aliphatic heterocycles. The molecule has 1 aromatic rings. The van der Waals surface area contributed by atoms with Gasteiger partial charge in [0.25, 0.3) is 0 Å². The Balaban J connectivity index is 3.07. The number of amides is 3. The number of nitrogens with one attached hydrogen (secondary N) is 3. The van der Waals surface area contributed by atoms with Crippen molar-refractivity contribution in [1.29, 1.82) is 0 Å². The molecule has 39 heavy (non-hydrogen) atoms. The molecule has 0 aromatic heterocycles. The topological polar surface area (TPSA) is 235 Å². The van der Waals surface area contributed by atoms with Gasteiger partial charge in [-0.2, -0.15) is 0 Å². The van der Waals surface area contributed by atoms with Crippen molar-refractivity contribution in [3.63, 3.8) is 0 Å². The first-order valence-corrected chi connectivity index (χ1v) is 12.9. The van der Waals surface area contributed by atoms with E-state index in [1.54, 1.807) is 26.0 Å². The van der Waals surface area contributed by atoms with E-state index in [-0.39, 0.29) is 36.9 Å². The number of guanidine groups is 1. The van der Waals surface area contributed by atoms with Crippen molar-refractivity contribution in [3.05, 3.63) is 29.8 Å². The molecule has 218 valence electrons. The Bertz CT molecular complexity index is 993. The SMILES string of the molecule is CC(C)CC(NC(=O)C(N)CCCN=C(N)N)C(=O)NC(Cc1ccc(O)cc1)C(=O)NC(C(=O)O)C(C)C. The van der Waals surface area contributed by atoms with Crippen molar-refractivity contribution in [2.75, 3.05) is 6.54 Å². The molecule has 1 aromatic carbocycles. The van der Waals surface area contributed by atoms with E-state index in [9.17, 15) is 29.4 Å². The van der Waals surface area contributed by atoms with Crippen LogP contribution >= 0.6 is 0 Å². The summed E-state index contributed by atoms with van der Waals surface area (Å²) in [5.41, 5.74) is 17.2. The summed E-state index contributed by atoms with van der Waals surface area (Å²) >= 11 is 0. The third-order valence-electron chi connectivity index (χ3n) is 5.88. The molecule has 13 heteroatoms. The van der Waals surface area contributed by atoms with Crippen LogP contribution in [0.4, 0.5) is 0 Å². The minimum absolute atomic E-state index is 0.0147. The molecule has 1 rings (SSSR count). The summed E-state index contributed by atoms with van der Waals surface area (Å²) in [6.07, 6.45) is 1.05. The third kappa shape index (κ3) is 12.5. The van der Waals surface area contributed by atoms with Gasteiger partial charge in [-0.1, -0.05) is 39.8 Å². The summed E-state index contributed by atoms with van der Waals surface area (Å²) in [4.78, 5) is 54.7. The fourth-order valence-electron chi connectivity index (χ4n) is 3.75. The number of phenolic OH excluding ortho intramolecular Hbond substituents is 1. The highest BCUT2D eigenvalue weighted by molar-refractivity contribution is 5.94. The molecule has 13 nitrogen and oxygen atoms in total. The van der Waals surface area contributed by atoms with Crippen LogP contribution in [0.2, 0.25) is 0 Å². The van der Waals surface area contributed by atoms with Crippen LogP contribution in [0, 0.1) is 11.8 Å². The summed E-state index contributed by atoms with van der Waals surface area (Å²) in [5.74, 6) is -3.46. The predicted molar refractivity (Wildman–Crippen MR) is 147 cm³/mol. The minimum atomic E-state index is -1.20. The second-order valence-corrected chi connectivity index (χ2v) is 10.2. The summed E-state index contributed by atoms with van der Waals surface area (Å²) in [6, 6.07) is 1.85. The maximum absolute atomic E-state index is 13.3. The van der Waals surface area contributed by atoms with Gasteiger partial charge in [-0.3, -0.25) is 19.4 Å². The molecule has 11 N–H and O–H groups in total. The maximum Gasteiger partial charge on any atom is 0.326 e. The van der Waals surface area contributed by atoms with Crippen LogP contribution in [-0.2, 0) is 25.6 Å². The van der Waals surface area contributed by atoms with Gasteiger partial charge >= 0.3 is 5.97 Å². The molecule has 3 amide bonds. The average molecular weight is 550 g/mol. The molecule has 0 fully saturated rings. The van der Waals surface area contributed by atoms with Gasteiger partial charge in [0.15, 0.2) is 5.96 Å². The lowest BCUT2D eigenvalue weighted by Crippen LogP contribution is -2.58. The highest BCUT2D eigenvalue weighted by atomic mass is 16.4. The lowest BCUT2D eigenvalue weighted by molar-refractivity contribution is -0.143. The molecule has 0 bridgehead atoms. The number of nitrogens with zero attached hydrogens (tertiary/aromatic N) is 1. The molecular formula is C26H43N7O6. The predicted octanol–water partition coefficient (Wildman–Crippen LogP) is -0.443. The largest absolute Gasteiger partial charge is 0.508 e. The molecule has 4 atom stereocenters. The summed E-state index contributed by atoms with van der Waals surface area (Å²) in [5, 5.41) is 26.9. The van der Waals surface area contributed by atoms with Gasteiger partial charge in [0.1, 0.15) is 23.9 Å². The molecule has 0 aliphatic carbocycles. The number of hydrogen-bond donors (Lipinski definition) is 8. The van der Waals surface area contributed by atoms with Gasteiger partial charge in [0, 0.05) is 13.0 Å². The number of carbonyl (C=O) groups excluding carboxylic acids is 3. The Hall–Kier alpha value is -3.87. The number of carboxylic acid groups (broad SMARTS) is 1. The standard InChI is InChI=1S/C26H43N7O6/c1-14(2)12-19(31-22(35)18(27)6-5-11-30-26(28)29)23(36)32-20(13-16-7-9-17(34)10-8-16)24(37)33-21(15(3)4)25(38)39/h7-10,14-15,18-21,34H,5-6,11-13,27H2,1-4H3,(H,31,35)(H,32,36)(H,33,37)(H,38,39)(H4,28,29,30). The quantitative estimate of drug-likeness (QED) is 0.0756. The number of phenols is 1. The normalized spacial score (nSPS) is 14.1. The highest BCUT2D eigenvalue weighted by Gasteiger charge is 2.31. The Kier molecular flexibility index (Phi) is 13.7. The van der Waals surface area contributed by atoms with Crippen LogP contribution < -0.4 is 33.2 Å². The minimum Gasteiger partial charge on any atom is -0.508 e. The molecule has 0 spiro atoms. The lowest BCUT2D eigenvalue weighted by atomic mass is 9.99. The second-order valence-electron chi connectivity index (χ2n) is 10.2. The second kappa shape index (κ2) is 16.2.